The molecular formula is C41H66N6O9. The third kappa shape index (κ3) is 8.64. The number of para-hydroxylation sites is 1. The fourth-order valence-corrected chi connectivity index (χ4v) is 9.39. The summed E-state index contributed by atoms with van der Waals surface area (Å²) in [5, 5.41) is 18.5. The molecule has 1 amide bonds. The van der Waals surface area contributed by atoms with E-state index in [1.54, 1.807) is 21.0 Å². The van der Waals surface area contributed by atoms with Crippen LogP contribution in [0.1, 0.15) is 81.1 Å². The number of fused-ring (bicyclic) bond motifs is 2. The Balaban J connectivity index is 1.46. The minimum atomic E-state index is -1.31. The summed E-state index contributed by atoms with van der Waals surface area (Å²) in [6.45, 7) is 15.7. The Morgan fingerprint density at radius 3 is 2.46 bits per heavy atom. The Hall–Kier alpha value is -3.18. The number of benzene rings is 1. The second kappa shape index (κ2) is 17.8. The molecule has 1 unspecified atom stereocenters. The Bertz CT molecular complexity index is 1670. The van der Waals surface area contributed by atoms with Gasteiger partial charge >= 0.3 is 12.1 Å². The number of methoxy groups -OCH3 is 1. The lowest BCUT2D eigenvalue weighted by Gasteiger charge is -2.48. The van der Waals surface area contributed by atoms with Gasteiger partial charge in [0.05, 0.1) is 35.6 Å². The number of aromatic nitrogens is 2. The number of likely N-dealkylation sites (N-methyl/N-ethyl adjacent to an activating group) is 1. The number of rotatable bonds is 10. The number of cyclic esters (lactones) is 1. The number of ketones is 1. The molecular weight excluding hydrogens is 720 g/mol. The fourth-order valence-electron chi connectivity index (χ4n) is 9.39. The molecule has 4 heterocycles. The summed E-state index contributed by atoms with van der Waals surface area (Å²) >= 11 is 0. The highest BCUT2D eigenvalue weighted by molar-refractivity contribution is 6.00. The molecule has 5 rings (SSSR count). The molecule has 0 bridgehead atoms. The standard InChI is InChI=1S/C41H66N6O9/c1-12-31-41(8)35(47(39(51)56-41)43-18-15-19-46-29-17-14-13-16-28(29)22-44-46)25(4)32(42)23(2)21-40(7,52-11)36(26(5)33(48)27(6)37(50)54-31)55-38-34(49)30(45(9)10)20-24(3)53-38/h13-14,16-17,22-27,30-32,34-36,38,43,49H,12,15,18-21,42H2,1-11H3/t23-,24-,25-,26+,27-,30+,31+,32?,34-,35-,36-,38+,40+,41-/m1/s1. The Morgan fingerprint density at radius 1 is 1.11 bits per heavy atom. The van der Waals surface area contributed by atoms with Crippen LogP contribution in [0.3, 0.4) is 0 Å². The van der Waals surface area contributed by atoms with E-state index in [4.69, 9.17) is 29.4 Å². The summed E-state index contributed by atoms with van der Waals surface area (Å²) in [6, 6.07) is 6.55. The van der Waals surface area contributed by atoms with Crippen LogP contribution in [0.2, 0.25) is 0 Å². The van der Waals surface area contributed by atoms with Crippen molar-refractivity contribution in [1.82, 2.24) is 25.1 Å². The monoisotopic (exact) mass is 786 g/mol. The van der Waals surface area contributed by atoms with Gasteiger partial charge in [0.25, 0.3) is 0 Å². The molecule has 15 heteroatoms. The zero-order valence-electron chi connectivity index (χ0n) is 35.1. The zero-order chi connectivity index (χ0) is 41.3. The molecule has 1 aromatic carbocycles. The van der Waals surface area contributed by atoms with Crippen molar-refractivity contribution in [2.45, 2.75) is 148 Å². The molecule has 0 saturated carbocycles. The number of nitrogens with one attached hydrogen (secondary N) is 1. The highest BCUT2D eigenvalue weighted by Crippen LogP contribution is 2.43. The van der Waals surface area contributed by atoms with Gasteiger partial charge in [-0.1, -0.05) is 45.9 Å². The molecule has 15 nitrogen and oxygen atoms in total. The van der Waals surface area contributed by atoms with Crippen molar-refractivity contribution in [3.8, 4) is 0 Å². The molecule has 56 heavy (non-hydrogen) atoms. The van der Waals surface area contributed by atoms with Crippen molar-refractivity contribution in [2.75, 3.05) is 27.7 Å². The number of hydrogen-bond donors (Lipinski definition) is 3. The predicted molar refractivity (Wildman–Crippen MR) is 210 cm³/mol. The summed E-state index contributed by atoms with van der Waals surface area (Å²) in [6.07, 6.45) is -1.01. The van der Waals surface area contributed by atoms with Gasteiger partial charge in [0.2, 0.25) is 0 Å². The first-order valence-corrected chi connectivity index (χ1v) is 20.2. The van der Waals surface area contributed by atoms with Gasteiger partial charge in [0, 0.05) is 43.6 Å². The minimum Gasteiger partial charge on any atom is -0.458 e. The number of ether oxygens (including phenoxy) is 5. The van der Waals surface area contributed by atoms with Crippen LogP contribution >= 0.6 is 0 Å². The molecule has 0 spiro atoms. The SMILES string of the molecule is CC[C@@H]1OC(=O)[C@H](C)C(=O)[C@H](C)[C@@H](O[C@@H]2O[C@H](C)C[C@H](N(C)C)[C@H]2O)[C@@](C)(OC)C[C@@H](C)C(N)[C@@H](C)[C@H]2N(NCCCn3ncc4ccccc43)C(=O)O[C@]12C. The Labute approximate surface area is 331 Å². The van der Waals surface area contributed by atoms with Crippen molar-refractivity contribution >= 4 is 28.7 Å². The molecule has 3 aliphatic rings. The summed E-state index contributed by atoms with van der Waals surface area (Å²) in [5.74, 6) is -3.86. The van der Waals surface area contributed by atoms with E-state index < -0.39 is 77.6 Å². The summed E-state index contributed by atoms with van der Waals surface area (Å²) < 4.78 is 33.4. The molecule has 2 aromatic rings. The van der Waals surface area contributed by atoms with E-state index in [2.05, 4.69) is 10.5 Å². The Kier molecular flexibility index (Phi) is 13.9. The first-order valence-electron chi connectivity index (χ1n) is 20.2. The smallest absolute Gasteiger partial charge is 0.425 e. The van der Waals surface area contributed by atoms with Gasteiger partial charge in [-0.3, -0.25) is 14.3 Å². The molecule has 3 saturated heterocycles. The highest BCUT2D eigenvalue weighted by atomic mass is 16.7. The van der Waals surface area contributed by atoms with Crippen LogP contribution in [0, 0.1) is 23.7 Å². The van der Waals surface area contributed by atoms with E-state index in [9.17, 15) is 19.5 Å². The number of aliphatic hydroxyl groups excluding tert-OH is 1. The second-order valence-electron chi connectivity index (χ2n) is 17.1. The van der Waals surface area contributed by atoms with Crippen LogP contribution in [0.15, 0.2) is 30.5 Å². The number of amides is 1. The number of hydrogen-bond acceptors (Lipinski definition) is 13. The number of nitrogens with zero attached hydrogens (tertiary/aromatic N) is 4. The second-order valence-corrected chi connectivity index (χ2v) is 17.1. The molecule has 14 atom stereocenters. The van der Waals surface area contributed by atoms with Crippen LogP contribution in [0.5, 0.6) is 0 Å². The normalized spacial score (nSPS) is 39.0. The average Bonchev–Trinajstić information content (AvgIpc) is 3.70. The molecule has 3 aliphatic heterocycles. The van der Waals surface area contributed by atoms with Crippen molar-refractivity contribution in [3.05, 3.63) is 30.5 Å². The Morgan fingerprint density at radius 2 is 1.80 bits per heavy atom. The first-order chi connectivity index (χ1) is 26.4. The summed E-state index contributed by atoms with van der Waals surface area (Å²) in [5.41, 5.74) is 9.09. The maximum absolute atomic E-state index is 14.3. The maximum Gasteiger partial charge on any atom is 0.425 e. The zero-order valence-corrected chi connectivity index (χ0v) is 35.1. The van der Waals surface area contributed by atoms with Gasteiger partial charge < -0.3 is 39.4 Å². The largest absolute Gasteiger partial charge is 0.458 e. The van der Waals surface area contributed by atoms with Gasteiger partial charge in [-0.25, -0.2) is 15.2 Å². The van der Waals surface area contributed by atoms with Crippen LogP contribution in [0.25, 0.3) is 10.9 Å². The summed E-state index contributed by atoms with van der Waals surface area (Å²) in [7, 11) is 5.35. The predicted octanol–water partition coefficient (Wildman–Crippen LogP) is 3.89. The molecule has 4 N–H and O–H groups in total. The van der Waals surface area contributed by atoms with E-state index in [1.165, 1.54) is 11.9 Å². The van der Waals surface area contributed by atoms with E-state index in [-0.39, 0.29) is 24.0 Å². The van der Waals surface area contributed by atoms with Crippen LogP contribution < -0.4 is 11.2 Å². The molecule has 3 fully saturated rings. The van der Waals surface area contributed by atoms with Crippen molar-refractivity contribution in [2.24, 2.45) is 29.4 Å². The summed E-state index contributed by atoms with van der Waals surface area (Å²) in [4.78, 5) is 44.1. The molecule has 314 valence electrons. The molecule has 0 radical (unpaired) electrons. The topological polar surface area (TPSA) is 180 Å². The van der Waals surface area contributed by atoms with Crippen molar-refractivity contribution < 1.29 is 43.2 Å². The van der Waals surface area contributed by atoms with Gasteiger partial charge in [0.15, 0.2) is 17.7 Å². The van der Waals surface area contributed by atoms with E-state index in [1.807, 2.05) is 88.8 Å². The third-order valence-electron chi connectivity index (χ3n) is 12.8. The van der Waals surface area contributed by atoms with E-state index in [0.29, 0.717) is 38.8 Å². The molecule has 0 aliphatic carbocycles. The lowest BCUT2D eigenvalue weighted by Crippen LogP contribution is -2.63. The average molecular weight is 787 g/mol. The van der Waals surface area contributed by atoms with Gasteiger partial charge in [-0.2, -0.15) is 5.10 Å². The number of nitrogens with two attached hydrogens (primary N) is 1. The van der Waals surface area contributed by atoms with Gasteiger partial charge in [-0.05, 0) is 85.4 Å². The quantitative estimate of drug-likeness (QED) is 0.180. The highest BCUT2D eigenvalue weighted by Gasteiger charge is 2.60. The maximum atomic E-state index is 14.3. The fraction of sp³-hybridized carbons (Fsp3) is 0.756. The first kappa shape index (κ1) is 43.9. The number of hydrazine groups is 1. The minimum absolute atomic E-state index is 0.227. The van der Waals surface area contributed by atoms with E-state index in [0.717, 1.165) is 10.9 Å². The van der Waals surface area contributed by atoms with Crippen molar-refractivity contribution in [3.63, 3.8) is 0 Å². The van der Waals surface area contributed by atoms with Crippen LogP contribution in [0.4, 0.5) is 4.79 Å². The number of carbonyl (C=O) groups is 3. The third-order valence-corrected chi connectivity index (χ3v) is 12.8. The number of Topliss-reactive ketones (excluding diaryl/α,β-unsaturated/α-hetero) is 1. The van der Waals surface area contributed by atoms with Crippen LogP contribution in [-0.4, -0.2) is 130 Å². The lowest BCUT2D eigenvalue weighted by molar-refractivity contribution is -0.295. The van der Waals surface area contributed by atoms with Crippen molar-refractivity contribution in [1.29, 1.82) is 0 Å². The number of esters is 1. The number of aliphatic hydroxyl groups is 1. The number of carbonyl (C=O) groups excluding carboxylic acids is 3. The van der Waals surface area contributed by atoms with Crippen LogP contribution in [-0.2, 0) is 39.8 Å². The number of aryl methyl sites for hydroxylation is 1. The lowest BCUT2D eigenvalue weighted by atomic mass is 9.72. The molecule has 1 aromatic heterocycles. The van der Waals surface area contributed by atoms with Gasteiger partial charge in [-0.15, -0.1) is 0 Å². The van der Waals surface area contributed by atoms with Gasteiger partial charge in [0.1, 0.15) is 18.1 Å². The van der Waals surface area contributed by atoms with E-state index >= 15 is 0 Å².